The van der Waals surface area contributed by atoms with E-state index in [-0.39, 0.29) is 32.0 Å². The molecule has 0 saturated carbocycles. The minimum atomic E-state index is -4.66. The molecule has 0 aromatic rings. The predicted octanol–water partition coefficient (Wildman–Crippen LogP) is -0.0949. The molecule has 5 nitrogen and oxygen atoms in total. The smallest absolute Gasteiger partial charge is 0.307 e. The fraction of sp³-hybridized carbons (Fsp3) is 0.889. The highest BCUT2D eigenvalue weighted by Crippen LogP contribution is 2.24. The Labute approximate surface area is 94.5 Å². The second-order valence-corrected chi connectivity index (χ2v) is 6.52. The minimum Gasteiger partial charge on any atom is -0.396 e. The fourth-order valence-electron chi connectivity index (χ4n) is 1.64. The van der Waals surface area contributed by atoms with E-state index in [2.05, 4.69) is 0 Å². The van der Waals surface area contributed by atoms with Crippen molar-refractivity contribution in [2.24, 2.45) is 5.41 Å². The number of likely N-dealkylation sites (tertiary alicyclic amines) is 1. The van der Waals surface area contributed by atoms with Gasteiger partial charge in [-0.15, -0.1) is 3.89 Å². The van der Waals surface area contributed by atoms with Gasteiger partial charge in [0.15, 0.2) is 0 Å². The van der Waals surface area contributed by atoms with Crippen LogP contribution < -0.4 is 0 Å². The Morgan fingerprint density at radius 1 is 1.56 bits per heavy atom. The molecule has 16 heavy (non-hydrogen) atoms. The Morgan fingerprint density at radius 3 is 2.50 bits per heavy atom. The van der Waals surface area contributed by atoms with E-state index in [1.165, 1.54) is 4.90 Å². The van der Waals surface area contributed by atoms with E-state index in [1.807, 2.05) is 0 Å². The first-order valence-electron chi connectivity index (χ1n) is 4.98. The molecule has 0 radical (unpaired) electrons. The highest BCUT2D eigenvalue weighted by Gasteiger charge is 2.39. The first kappa shape index (κ1) is 13.4. The van der Waals surface area contributed by atoms with Crippen molar-refractivity contribution in [2.75, 3.05) is 19.7 Å². The average Bonchev–Trinajstić information content (AvgIpc) is 2.47. The van der Waals surface area contributed by atoms with Crippen LogP contribution >= 0.6 is 0 Å². The number of carbonyl (C=O) groups is 1. The molecule has 1 unspecified atom stereocenters. The number of hydrogen-bond acceptors (Lipinski definition) is 4. The number of rotatable bonds is 4. The first-order valence-corrected chi connectivity index (χ1v) is 6.42. The van der Waals surface area contributed by atoms with Gasteiger partial charge in [0, 0.05) is 31.5 Å². The lowest BCUT2D eigenvalue weighted by Crippen LogP contribution is -2.38. The van der Waals surface area contributed by atoms with Crippen LogP contribution in [-0.2, 0) is 15.0 Å². The van der Waals surface area contributed by atoms with E-state index in [0.29, 0.717) is 0 Å². The molecule has 1 heterocycles. The molecule has 0 aromatic carbocycles. The molecule has 1 amide bonds. The van der Waals surface area contributed by atoms with Gasteiger partial charge < -0.3 is 10.0 Å². The summed E-state index contributed by atoms with van der Waals surface area (Å²) in [5.74, 6) is -0.382. The molecule has 1 N–H and O–H groups in total. The van der Waals surface area contributed by atoms with Crippen molar-refractivity contribution in [1.82, 2.24) is 4.90 Å². The van der Waals surface area contributed by atoms with E-state index >= 15 is 0 Å². The average molecular weight is 253 g/mol. The molecule has 1 fully saturated rings. The molecule has 1 atom stereocenters. The summed E-state index contributed by atoms with van der Waals surface area (Å²) < 4.78 is 34.0. The van der Waals surface area contributed by atoms with Crippen LogP contribution in [-0.4, -0.2) is 49.3 Å². The van der Waals surface area contributed by atoms with Crippen molar-refractivity contribution in [1.29, 1.82) is 0 Å². The SMILES string of the molecule is CC(C)(CO)CN1CC(S(=O)(=O)F)CC1=O. The minimum absolute atomic E-state index is 0.121. The van der Waals surface area contributed by atoms with Crippen LogP contribution in [0.4, 0.5) is 3.89 Å². The van der Waals surface area contributed by atoms with Crippen molar-refractivity contribution in [3.8, 4) is 0 Å². The summed E-state index contributed by atoms with van der Waals surface area (Å²) in [5, 5.41) is 7.78. The number of aliphatic hydroxyl groups excluding tert-OH is 1. The van der Waals surface area contributed by atoms with Crippen LogP contribution in [0.3, 0.4) is 0 Å². The predicted molar refractivity (Wildman–Crippen MR) is 55.9 cm³/mol. The van der Waals surface area contributed by atoms with Crippen LogP contribution in [0.15, 0.2) is 0 Å². The topological polar surface area (TPSA) is 74.7 Å². The monoisotopic (exact) mass is 253 g/mol. The van der Waals surface area contributed by atoms with E-state index in [0.717, 1.165) is 0 Å². The molecule has 1 aliphatic rings. The number of hydrogen-bond donors (Lipinski definition) is 1. The van der Waals surface area contributed by atoms with Crippen molar-refractivity contribution in [3.05, 3.63) is 0 Å². The lowest BCUT2D eigenvalue weighted by Gasteiger charge is -2.28. The summed E-state index contributed by atoms with van der Waals surface area (Å²) in [6.45, 7) is 3.48. The Balaban J connectivity index is 2.70. The van der Waals surface area contributed by atoms with Crippen LogP contribution in [0.5, 0.6) is 0 Å². The maximum absolute atomic E-state index is 12.7. The molecular weight excluding hydrogens is 237 g/mol. The second-order valence-electron chi connectivity index (χ2n) is 4.90. The maximum atomic E-state index is 12.7. The third-order valence-corrected chi connectivity index (χ3v) is 3.74. The lowest BCUT2D eigenvalue weighted by atomic mass is 9.94. The van der Waals surface area contributed by atoms with Gasteiger partial charge in [0.2, 0.25) is 5.91 Å². The third-order valence-electron chi connectivity index (χ3n) is 2.62. The summed E-state index contributed by atoms with van der Waals surface area (Å²) in [4.78, 5) is 12.7. The first-order chi connectivity index (χ1) is 7.15. The van der Waals surface area contributed by atoms with Crippen molar-refractivity contribution >= 4 is 16.1 Å². The van der Waals surface area contributed by atoms with Crippen LogP contribution in [0.25, 0.3) is 0 Å². The number of amides is 1. The van der Waals surface area contributed by atoms with Gasteiger partial charge in [-0.05, 0) is 0 Å². The largest absolute Gasteiger partial charge is 0.396 e. The molecule has 0 bridgehead atoms. The molecule has 7 heteroatoms. The second kappa shape index (κ2) is 4.29. The van der Waals surface area contributed by atoms with E-state index < -0.39 is 20.9 Å². The van der Waals surface area contributed by atoms with Gasteiger partial charge in [-0.1, -0.05) is 13.8 Å². The van der Waals surface area contributed by atoms with Gasteiger partial charge in [0.1, 0.15) is 5.25 Å². The van der Waals surface area contributed by atoms with Gasteiger partial charge >= 0.3 is 10.2 Å². The molecule has 0 aliphatic carbocycles. The molecular formula is C9H16FNO4S. The zero-order valence-corrected chi connectivity index (χ0v) is 10.1. The Hall–Kier alpha value is -0.690. The zero-order chi connectivity index (χ0) is 12.6. The summed E-state index contributed by atoms with van der Waals surface area (Å²) in [6, 6.07) is 0. The van der Waals surface area contributed by atoms with Crippen LogP contribution in [0.2, 0.25) is 0 Å². The normalized spacial score (nSPS) is 22.9. The van der Waals surface area contributed by atoms with Gasteiger partial charge in [-0.3, -0.25) is 4.79 Å². The van der Waals surface area contributed by atoms with E-state index in [9.17, 15) is 17.1 Å². The highest BCUT2D eigenvalue weighted by molar-refractivity contribution is 7.87. The molecule has 1 aliphatic heterocycles. The van der Waals surface area contributed by atoms with E-state index in [1.54, 1.807) is 13.8 Å². The van der Waals surface area contributed by atoms with Crippen LogP contribution in [0.1, 0.15) is 20.3 Å². The van der Waals surface area contributed by atoms with Gasteiger partial charge in [0.25, 0.3) is 0 Å². The summed E-state index contributed by atoms with van der Waals surface area (Å²) >= 11 is 0. The Bertz CT molecular complexity index is 379. The molecule has 94 valence electrons. The number of carbonyl (C=O) groups excluding carboxylic acids is 1. The number of halogens is 1. The highest BCUT2D eigenvalue weighted by atomic mass is 32.3. The zero-order valence-electron chi connectivity index (χ0n) is 9.31. The van der Waals surface area contributed by atoms with Gasteiger partial charge in [-0.25, -0.2) is 0 Å². The fourth-order valence-corrected chi connectivity index (χ4v) is 2.34. The number of aliphatic hydroxyl groups is 1. The lowest BCUT2D eigenvalue weighted by molar-refractivity contribution is -0.129. The standard InChI is InChI=1S/C9H16FNO4S/c1-9(2,6-12)5-11-4-7(3-8(11)13)16(10,14)15/h7,12H,3-6H2,1-2H3. The molecule has 1 saturated heterocycles. The third kappa shape index (κ3) is 3.15. The summed E-state index contributed by atoms with van der Waals surface area (Å²) in [7, 11) is -4.66. The Kier molecular flexibility index (Phi) is 3.59. The van der Waals surface area contributed by atoms with Crippen molar-refractivity contribution in [2.45, 2.75) is 25.5 Å². The van der Waals surface area contributed by atoms with Gasteiger partial charge in [0.05, 0.1) is 0 Å². The quantitative estimate of drug-likeness (QED) is 0.710. The molecule has 0 spiro atoms. The van der Waals surface area contributed by atoms with Crippen molar-refractivity contribution < 1.29 is 22.2 Å². The van der Waals surface area contributed by atoms with Crippen LogP contribution in [0, 0.1) is 5.41 Å². The molecule has 0 aromatic heterocycles. The van der Waals surface area contributed by atoms with E-state index in [4.69, 9.17) is 5.11 Å². The van der Waals surface area contributed by atoms with Crippen molar-refractivity contribution in [3.63, 3.8) is 0 Å². The molecule has 1 rings (SSSR count). The number of nitrogens with zero attached hydrogens (tertiary/aromatic N) is 1. The summed E-state index contributed by atoms with van der Waals surface area (Å²) in [5.41, 5.74) is -0.509. The Morgan fingerprint density at radius 2 is 2.12 bits per heavy atom. The summed E-state index contributed by atoms with van der Waals surface area (Å²) in [6.07, 6.45) is -0.305. The van der Waals surface area contributed by atoms with Gasteiger partial charge in [-0.2, -0.15) is 8.42 Å². The maximum Gasteiger partial charge on any atom is 0.307 e.